The van der Waals surface area contributed by atoms with Crippen LogP contribution >= 0.6 is 34.9 Å². The largest absolute Gasteiger partial charge is 0.477 e. The molecule has 15 heteroatoms. The van der Waals surface area contributed by atoms with Gasteiger partial charge in [-0.2, -0.15) is 0 Å². The third-order valence-corrected chi connectivity index (χ3v) is 8.05. The van der Waals surface area contributed by atoms with Crippen molar-refractivity contribution in [1.29, 1.82) is 0 Å². The smallest absolute Gasteiger partial charge is 0.352 e. The molecular formula is C19H20N7O5S3+. The number of hydrogen-bond acceptors (Lipinski definition) is 11. The zero-order valence-corrected chi connectivity index (χ0v) is 20.2. The van der Waals surface area contributed by atoms with Gasteiger partial charge in [0.25, 0.3) is 11.8 Å². The number of nitrogens with one attached hydrogen (secondary N) is 1. The molecule has 34 heavy (non-hydrogen) atoms. The van der Waals surface area contributed by atoms with Crippen molar-refractivity contribution in [2.45, 2.75) is 16.3 Å². The molecule has 6 N–H and O–H groups in total. The van der Waals surface area contributed by atoms with Crippen LogP contribution in [0.2, 0.25) is 0 Å². The summed E-state index contributed by atoms with van der Waals surface area (Å²) >= 11 is 3.97. The highest BCUT2D eigenvalue weighted by atomic mass is 32.2. The van der Waals surface area contributed by atoms with Crippen molar-refractivity contribution in [2.24, 2.45) is 5.16 Å². The molecule has 2 aromatic heterocycles. The number of nitrogens with two attached hydrogens (primary N) is 2. The Morgan fingerprint density at radius 3 is 2.79 bits per heavy atom. The number of thioether (sulfide) groups is 2. The fourth-order valence-corrected chi connectivity index (χ4v) is 6.30. The van der Waals surface area contributed by atoms with Crippen LogP contribution in [0, 0.1) is 0 Å². The Kier molecular flexibility index (Phi) is 6.95. The monoisotopic (exact) mass is 522 g/mol. The van der Waals surface area contributed by atoms with E-state index in [9.17, 15) is 19.5 Å². The number of fused-ring (bicyclic) bond motifs is 1. The number of nitrogen functional groups attached to an aromatic ring is 2. The fraction of sp³-hybridized carbons (Fsp3) is 0.263. The number of nitrogens with zero attached hydrogens (tertiary/aromatic N) is 4. The van der Waals surface area contributed by atoms with Crippen LogP contribution in [-0.4, -0.2) is 68.5 Å². The number of rotatable bonds is 8. The number of thiazole rings is 1. The lowest BCUT2D eigenvalue weighted by atomic mass is 10.0. The van der Waals surface area contributed by atoms with Crippen molar-refractivity contribution < 1.29 is 29.0 Å². The lowest BCUT2D eigenvalue weighted by molar-refractivity contribution is -0.639. The van der Waals surface area contributed by atoms with Crippen LogP contribution in [0.4, 0.5) is 5.13 Å². The molecule has 4 rings (SSSR count). The maximum absolute atomic E-state index is 12.9. The van der Waals surface area contributed by atoms with Gasteiger partial charge in [0.05, 0.1) is 0 Å². The van der Waals surface area contributed by atoms with E-state index in [-0.39, 0.29) is 22.2 Å². The number of β-lactam (4-membered cyclic amide) rings is 1. The number of amides is 2. The molecular weight excluding hydrogens is 502 g/mol. The lowest BCUT2D eigenvalue weighted by Gasteiger charge is -2.49. The average molecular weight is 523 g/mol. The van der Waals surface area contributed by atoms with E-state index in [2.05, 4.69) is 15.5 Å². The number of pyridine rings is 1. The van der Waals surface area contributed by atoms with Gasteiger partial charge >= 0.3 is 5.97 Å². The fourth-order valence-electron chi connectivity index (χ4n) is 3.39. The first-order chi connectivity index (χ1) is 16.3. The highest BCUT2D eigenvalue weighted by Crippen LogP contribution is 2.41. The second kappa shape index (κ2) is 9.90. The van der Waals surface area contributed by atoms with E-state index in [1.165, 1.54) is 40.2 Å². The summed E-state index contributed by atoms with van der Waals surface area (Å²) in [5.41, 5.74) is 6.30. The molecule has 2 aliphatic rings. The zero-order valence-electron chi connectivity index (χ0n) is 17.7. The van der Waals surface area contributed by atoms with Crippen LogP contribution in [0.3, 0.4) is 0 Å². The number of oxime groups is 1. The van der Waals surface area contributed by atoms with Gasteiger partial charge in [0.2, 0.25) is 0 Å². The summed E-state index contributed by atoms with van der Waals surface area (Å²) in [6, 6.07) is 2.73. The summed E-state index contributed by atoms with van der Waals surface area (Å²) in [4.78, 5) is 48.7. The van der Waals surface area contributed by atoms with Gasteiger partial charge in [-0.25, -0.2) is 15.6 Å². The Hall–Kier alpha value is -3.30. The summed E-state index contributed by atoms with van der Waals surface area (Å²) in [6.07, 6.45) is 3.38. The van der Waals surface area contributed by atoms with Crippen molar-refractivity contribution in [1.82, 2.24) is 15.2 Å². The molecule has 0 aliphatic carbocycles. The van der Waals surface area contributed by atoms with E-state index in [1.54, 1.807) is 17.8 Å². The van der Waals surface area contributed by atoms with Crippen LogP contribution in [0.15, 0.2) is 51.2 Å². The maximum Gasteiger partial charge on any atom is 0.352 e. The SMILES string of the molecule is CO/N=C(\C(=O)N[C@@H]1C(=O)N2C(C(=O)O)=C(CSc3cc[n+](N)cc3)CS[C@H]12)c1csc(N)n1. The zero-order chi connectivity index (χ0) is 24.4. The number of carbonyl (C=O) groups excluding carboxylic acids is 2. The molecule has 1 fully saturated rings. The predicted molar refractivity (Wildman–Crippen MR) is 127 cm³/mol. The molecule has 12 nitrogen and oxygen atoms in total. The molecule has 0 saturated carbocycles. The Bertz CT molecular complexity index is 1200. The first kappa shape index (κ1) is 23.8. The summed E-state index contributed by atoms with van der Waals surface area (Å²) in [7, 11) is 1.28. The van der Waals surface area contributed by atoms with Crippen LogP contribution in [0.1, 0.15) is 5.69 Å². The van der Waals surface area contributed by atoms with Crippen molar-refractivity contribution in [3.8, 4) is 0 Å². The molecule has 2 aromatic rings. The maximum atomic E-state index is 12.9. The van der Waals surface area contributed by atoms with Crippen LogP contribution in [0.25, 0.3) is 0 Å². The number of hydrogen-bond donors (Lipinski definition) is 4. The number of carboxylic acids is 1. The quantitative estimate of drug-likeness (QED) is 0.0891. The Labute approximate surface area is 206 Å². The van der Waals surface area contributed by atoms with E-state index < -0.39 is 29.2 Å². The van der Waals surface area contributed by atoms with Gasteiger partial charge in [-0.1, -0.05) is 9.83 Å². The molecule has 2 amide bonds. The minimum Gasteiger partial charge on any atom is -0.477 e. The molecule has 0 radical (unpaired) electrons. The standard InChI is InChI=1S/C19H19N7O5S3/c1-31-24-12(11-8-34-19(20)22-11)15(27)23-13-16(28)26-14(18(29)30)9(7-33-17(13)26)6-32-10-2-4-25(21)5-3-10/h2-5,8,13,17H,6-7,21H2,1H3,(H3-,20,22,23,27,29,30)/p+1/b24-12-/t13-,17-/m1/s1. The highest BCUT2D eigenvalue weighted by Gasteiger charge is 2.54. The van der Waals surface area contributed by atoms with Gasteiger partial charge in [0.15, 0.2) is 23.2 Å². The van der Waals surface area contributed by atoms with E-state index in [4.69, 9.17) is 16.4 Å². The summed E-state index contributed by atoms with van der Waals surface area (Å²) < 4.78 is 1.41. The normalized spacial score (nSPS) is 20.0. The predicted octanol–water partition coefficient (Wildman–Crippen LogP) is -0.392. The molecule has 4 heterocycles. The number of aromatic nitrogens is 2. The molecule has 1 saturated heterocycles. The molecule has 0 aromatic carbocycles. The average Bonchev–Trinajstić information content (AvgIpc) is 3.25. The first-order valence-electron chi connectivity index (χ1n) is 9.72. The van der Waals surface area contributed by atoms with Gasteiger partial charge < -0.3 is 21.0 Å². The van der Waals surface area contributed by atoms with Gasteiger partial charge in [0.1, 0.15) is 29.9 Å². The number of carboxylic acid groups (broad SMARTS) is 1. The minimum atomic E-state index is -1.19. The number of aliphatic carboxylic acids is 1. The molecule has 0 spiro atoms. The summed E-state index contributed by atoms with van der Waals surface area (Å²) in [6.45, 7) is 0. The second-order valence-corrected chi connectivity index (χ2v) is 10.1. The van der Waals surface area contributed by atoms with Gasteiger partial charge in [-0.3, -0.25) is 14.5 Å². The Balaban J connectivity index is 1.48. The van der Waals surface area contributed by atoms with E-state index in [1.807, 2.05) is 12.1 Å². The van der Waals surface area contributed by atoms with E-state index >= 15 is 0 Å². The number of anilines is 1. The third kappa shape index (κ3) is 4.67. The van der Waals surface area contributed by atoms with E-state index in [0.717, 1.165) is 16.2 Å². The topological polar surface area (TPSA) is 177 Å². The third-order valence-electron chi connectivity index (χ3n) is 4.93. The molecule has 0 unspecified atom stereocenters. The molecule has 0 bridgehead atoms. The van der Waals surface area contributed by atoms with Crippen LogP contribution < -0.4 is 21.6 Å². The number of carbonyl (C=O) groups is 3. The van der Waals surface area contributed by atoms with Gasteiger partial charge in [-0.15, -0.1) is 34.9 Å². The van der Waals surface area contributed by atoms with E-state index in [0.29, 0.717) is 17.1 Å². The molecule has 2 aliphatic heterocycles. The highest BCUT2D eigenvalue weighted by molar-refractivity contribution is 8.01. The van der Waals surface area contributed by atoms with Crippen molar-refractivity contribution in [3.05, 3.63) is 46.9 Å². The van der Waals surface area contributed by atoms with Crippen molar-refractivity contribution >= 4 is 63.5 Å². The summed E-state index contributed by atoms with van der Waals surface area (Å²) in [5.74, 6) is 4.05. The lowest BCUT2D eigenvalue weighted by Crippen LogP contribution is -2.71. The summed E-state index contributed by atoms with van der Waals surface area (Å²) in [5, 5.41) is 17.4. The first-order valence-corrected chi connectivity index (χ1v) is 12.6. The Morgan fingerprint density at radius 2 is 2.18 bits per heavy atom. The minimum absolute atomic E-state index is 0.0466. The van der Waals surface area contributed by atoms with Gasteiger partial charge in [-0.05, 0) is 5.57 Å². The molecule has 2 atom stereocenters. The molecule has 178 valence electrons. The Morgan fingerprint density at radius 1 is 1.44 bits per heavy atom. The van der Waals surface area contributed by atoms with Crippen molar-refractivity contribution in [2.75, 3.05) is 30.2 Å². The second-order valence-electron chi connectivity index (χ2n) is 7.08. The van der Waals surface area contributed by atoms with Crippen LogP contribution in [-0.2, 0) is 19.2 Å². The van der Waals surface area contributed by atoms with Crippen LogP contribution in [0.5, 0.6) is 0 Å². The van der Waals surface area contributed by atoms with Gasteiger partial charge in [0, 0.05) is 33.9 Å². The van der Waals surface area contributed by atoms with Crippen molar-refractivity contribution in [3.63, 3.8) is 0 Å².